The van der Waals surface area contributed by atoms with Crippen molar-refractivity contribution in [2.24, 2.45) is 5.73 Å². The van der Waals surface area contributed by atoms with Gasteiger partial charge in [-0.05, 0) is 32.1 Å². The first kappa shape index (κ1) is 11.1. The van der Waals surface area contributed by atoms with Crippen molar-refractivity contribution in [3.05, 3.63) is 35.9 Å². The first-order valence-electron chi connectivity index (χ1n) is 5.66. The summed E-state index contributed by atoms with van der Waals surface area (Å²) in [6.45, 7) is 1.51. The molecule has 0 spiro atoms. The molecule has 0 atom stereocenters. The van der Waals surface area contributed by atoms with Gasteiger partial charge >= 0.3 is 0 Å². The molecule has 0 fully saturated rings. The summed E-state index contributed by atoms with van der Waals surface area (Å²) in [7, 11) is 1.94. The average molecular weight is 218 g/mol. The highest BCUT2D eigenvalue weighted by Crippen LogP contribution is 2.13. The van der Waals surface area contributed by atoms with Crippen LogP contribution in [0.1, 0.15) is 17.9 Å². The van der Waals surface area contributed by atoms with Crippen molar-refractivity contribution in [1.29, 1.82) is 0 Å². The van der Waals surface area contributed by atoms with Crippen molar-refractivity contribution in [1.82, 2.24) is 14.7 Å². The van der Waals surface area contributed by atoms with E-state index in [0.29, 0.717) is 6.54 Å². The number of nitrogens with two attached hydrogens (primary N) is 1. The Kier molecular flexibility index (Phi) is 3.54. The van der Waals surface area contributed by atoms with Gasteiger partial charge in [-0.3, -0.25) is 0 Å². The first-order chi connectivity index (χ1) is 7.86. The third-order valence-corrected chi connectivity index (χ3v) is 2.65. The molecule has 0 saturated heterocycles. The quantitative estimate of drug-likeness (QED) is 0.785. The minimum absolute atomic E-state index is 0.711. The Morgan fingerprint density at radius 1 is 1.44 bits per heavy atom. The van der Waals surface area contributed by atoms with E-state index < -0.39 is 0 Å². The molecule has 0 aliphatic heterocycles. The van der Waals surface area contributed by atoms with Crippen molar-refractivity contribution in [3.63, 3.8) is 0 Å². The number of pyridine rings is 1. The van der Waals surface area contributed by atoms with Crippen molar-refractivity contribution >= 4 is 5.52 Å². The number of fused-ring (bicyclic) bond motifs is 1. The van der Waals surface area contributed by atoms with E-state index in [4.69, 9.17) is 5.73 Å². The fourth-order valence-corrected chi connectivity index (χ4v) is 1.90. The molecule has 0 unspecified atom stereocenters. The van der Waals surface area contributed by atoms with Crippen LogP contribution in [0.2, 0.25) is 0 Å². The number of nitrogens with zero attached hydrogens (tertiary/aromatic N) is 2. The van der Waals surface area contributed by atoms with Crippen molar-refractivity contribution in [2.75, 3.05) is 13.6 Å². The molecule has 4 heteroatoms. The zero-order valence-electron chi connectivity index (χ0n) is 9.61. The second kappa shape index (κ2) is 5.09. The molecule has 4 nitrogen and oxygen atoms in total. The predicted molar refractivity (Wildman–Crippen MR) is 65.3 cm³/mol. The molecule has 0 aliphatic rings. The molecule has 2 aromatic rings. The van der Waals surface area contributed by atoms with Gasteiger partial charge in [0.1, 0.15) is 5.82 Å². The fraction of sp³-hybridized carbons (Fsp3) is 0.417. The number of aryl methyl sites for hydroxylation is 1. The van der Waals surface area contributed by atoms with E-state index >= 15 is 0 Å². The molecule has 0 radical (unpaired) electrons. The molecule has 0 amide bonds. The lowest BCUT2D eigenvalue weighted by Gasteiger charge is -1.99. The van der Waals surface area contributed by atoms with Crippen LogP contribution in [-0.4, -0.2) is 23.0 Å². The molecular weight excluding hydrogens is 200 g/mol. The molecule has 2 heterocycles. The van der Waals surface area contributed by atoms with Gasteiger partial charge in [-0.2, -0.15) is 0 Å². The third kappa shape index (κ3) is 2.08. The first-order valence-corrected chi connectivity index (χ1v) is 5.66. The Bertz CT molecular complexity index is 461. The van der Waals surface area contributed by atoms with Crippen LogP contribution < -0.4 is 11.1 Å². The van der Waals surface area contributed by atoms with Crippen LogP contribution in [-0.2, 0) is 13.0 Å². The highest BCUT2D eigenvalue weighted by Gasteiger charge is 2.08. The Hall–Kier alpha value is -1.39. The van der Waals surface area contributed by atoms with Gasteiger partial charge in [-0.25, -0.2) is 4.98 Å². The smallest absolute Gasteiger partial charge is 0.113 e. The summed E-state index contributed by atoms with van der Waals surface area (Å²) in [6, 6.07) is 6.18. The number of nitrogens with one attached hydrogen (secondary N) is 1. The monoisotopic (exact) mass is 218 g/mol. The van der Waals surface area contributed by atoms with Crippen LogP contribution in [0.3, 0.4) is 0 Å². The lowest BCUT2D eigenvalue weighted by Crippen LogP contribution is -2.06. The molecular formula is C12H18N4. The Morgan fingerprint density at radius 2 is 2.31 bits per heavy atom. The van der Waals surface area contributed by atoms with Gasteiger partial charge in [0.05, 0.1) is 11.2 Å². The van der Waals surface area contributed by atoms with E-state index in [0.717, 1.165) is 30.9 Å². The largest absolute Gasteiger partial charge is 0.330 e. The summed E-state index contributed by atoms with van der Waals surface area (Å²) in [6.07, 6.45) is 3.98. The topological polar surface area (TPSA) is 55.3 Å². The Balaban J connectivity index is 2.40. The second-order valence-electron chi connectivity index (χ2n) is 3.85. The molecule has 16 heavy (non-hydrogen) atoms. The molecule has 0 bridgehead atoms. The van der Waals surface area contributed by atoms with Gasteiger partial charge in [0.2, 0.25) is 0 Å². The van der Waals surface area contributed by atoms with E-state index in [1.807, 2.05) is 19.2 Å². The van der Waals surface area contributed by atoms with Gasteiger partial charge in [-0.15, -0.1) is 0 Å². The van der Waals surface area contributed by atoms with Crippen molar-refractivity contribution in [2.45, 2.75) is 19.4 Å². The maximum absolute atomic E-state index is 5.54. The van der Waals surface area contributed by atoms with E-state index in [-0.39, 0.29) is 0 Å². The lowest BCUT2D eigenvalue weighted by molar-refractivity contribution is 0.762. The predicted octanol–water partition coefficient (Wildman–Crippen LogP) is 0.945. The molecule has 3 N–H and O–H groups in total. The highest BCUT2D eigenvalue weighted by molar-refractivity contribution is 5.53. The van der Waals surface area contributed by atoms with Gasteiger partial charge in [0.15, 0.2) is 0 Å². The average Bonchev–Trinajstić information content (AvgIpc) is 2.66. The standard InChI is InChI=1S/C12H18N4/c1-14-9-10-11-5-2-3-8-16(11)12(15-10)6-4-7-13/h2-3,5,8,14H,4,6-7,9,13H2,1H3. The van der Waals surface area contributed by atoms with Crippen molar-refractivity contribution < 1.29 is 0 Å². The van der Waals surface area contributed by atoms with E-state index in [1.54, 1.807) is 0 Å². The van der Waals surface area contributed by atoms with E-state index in [1.165, 1.54) is 5.52 Å². The van der Waals surface area contributed by atoms with Crippen LogP contribution >= 0.6 is 0 Å². The van der Waals surface area contributed by atoms with Crippen LogP contribution in [0.15, 0.2) is 24.4 Å². The summed E-state index contributed by atoms with van der Waals surface area (Å²) < 4.78 is 2.16. The zero-order chi connectivity index (χ0) is 11.4. The lowest BCUT2D eigenvalue weighted by atomic mass is 10.3. The normalized spacial score (nSPS) is 11.1. The van der Waals surface area contributed by atoms with Crippen molar-refractivity contribution in [3.8, 4) is 0 Å². The van der Waals surface area contributed by atoms with Crippen LogP contribution in [0.4, 0.5) is 0 Å². The maximum atomic E-state index is 5.54. The van der Waals surface area contributed by atoms with Crippen LogP contribution in [0.25, 0.3) is 5.52 Å². The van der Waals surface area contributed by atoms with Crippen LogP contribution in [0.5, 0.6) is 0 Å². The minimum atomic E-state index is 0.711. The molecule has 2 rings (SSSR count). The fourth-order valence-electron chi connectivity index (χ4n) is 1.90. The third-order valence-electron chi connectivity index (χ3n) is 2.65. The minimum Gasteiger partial charge on any atom is -0.330 e. The van der Waals surface area contributed by atoms with Gasteiger partial charge < -0.3 is 15.5 Å². The number of imidazole rings is 1. The summed E-state index contributed by atoms with van der Waals surface area (Å²) in [5.74, 6) is 1.10. The summed E-state index contributed by atoms with van der Waals surface area (Å²) in [4.78, 5) is 4.66. The van der Waals surface area contributed by atoms with Crippen LogP contribution in [0, 0.1) is 0 Å². The van der Waals surface area contributed by atoms with Gasteiger partial charge in [0.25, 0.3) is 0 Å². The summed E-state index contributed by atoms with van der Waals surface area (Å²) in [5.41, 5.74) is 7.83. The SMILES string of the molecule is CNCc1nc(CCCN)n2ccccc12. The summed E-state index contributed by atoms with van der Waals surface area (Å²) >= 11 is 0. The molecule has 0 aliphatic carbocycles. The molecule has 2 aromatic heterocycles. The molecule has 86 valence electrons. The number of hydrogen-bond donors (Lipinski definition) is 2. The number of aromatic nitrogens is 2. The van der Waals surface area contributed by atoms with Gasteiger partial charge in [0, 0.05) is 19.2 Å². The molecule has 0 aromatic carbocycles. The number of hydrogen-bond acceptors (Lipinski definition) is 3. The highest BCUT2D eigenvalue weighted by atomic mass is 15.0. The number of rotatable bonds is 5. The Morgan fingerprint density at radius 3 is 3.06 bits per heavy atom. The van der Waals surface area contributed by atoms with E-state index in [9.17, 15) is 0 Å². The summed E-state index contributed by atoms with van der Waals surface area (Å²) in [5, 5.41) is 3.15. The molecule has 0 saturated carbocycles. The second-order valence-corrected chi connectivity index (χ2v) is 3.85. The van der Waals surface area contributed by atoms with Gasteiger partial charge in [-0.1, -0.05) is 6.07 Å². The van der Waals surface area contributed by atoms with E-state index in [2.05, 4.69) is 27.0 Å². The zero-order valence-corrected chi connectivity index (χ0v) is 9.61. The maximum Gasteiger partial charge on any atom is 0.113 e. The Labute approximate surface area is 95.5 Å².